The molecule has 6 aromatic rings. The first-order chi connectivity index (χ1) is 34.1. The number of aromatic nitrogens is 6. The number of sulfonamides is 1. The van der Waals surface area contributed by atoms with Crippen molar-refractivity contribution in [2.75, 3.05) is 30.1 Å². The Bertz CT molecular complexity index is 3060. The van der Waals surface area contributed by atoms with Crippen LogP contribution in [0.15, 0.2) is 82.6 Å². The number of fused-ring (bicyclic) bond motifs is 2. The van der Waals surface area contributed by atoms with Crippen molar-refractivity contribution in [1.82, 2.24) is 33.8 Å². The van der Waals surface area contributed by atoms with Crippen LogP contribution in [0.3, 0.4) is 0 Å². The maximum Gasteiger partial charge on any atom is 0.262 e. The topological polar surface area (TPSA) is 210 Å². The zero-order valence-electron chi connectivity index (χ0n) is 42.5. The third kappa shape index (κ3) is 15.5. The summed E-state index contributed by atoms with van der Waals surface area (Å²) in [6, 6.07) is 20.9. The summed E-state index contributed by atoms with van der Waals surface area (Å²) in [6.45, 7) is 15.2. The molecule has 2 aliphatic rings. The highest BCUT2D eigenvalue weighted by atomic mass is 35.5. The first kappa shape index (κ1) is 55.2. The van der Waals surface area contributed by atoms with Crippen LogP contribution in [-0.4, -0.2) is 97.3 Å². The molecule has 0 bridgehead atoms. The molecule has 0 spiro atoms. The quantitative estimate of drug-likeness (QED) is 0.0467. The second kappa shape index (κ2) is 24.2. The van der Waals surface area contributed by atoms with Crippen LogP contribution in [-0.2, 0) is 33.0 Å². The van der Waals surface area contributed by atoms with Gasteiger partial charge in [0, 0.05) is 109 Å². The third-order valence-electron chi connectivity index (χ3n) is 13.0. The van der Waals surface area contributed by atoms with Gasteiger partial charge in [0.05, 0.1) is 6.26 Å². The van der Waals surface area contributed by atoms with Crippen molar-refractivity contribution in [3.05, 3.63) is 104 Å². The highest BCUT2D eigenvalue weighted by molar-refractivity contribution is 7.88. The molecule has 0 radical (unpaired) electrons. The van der Waals surface area contributed by atoms with E-state index in [2.05, 4.69) is 64.6 Å². The van der Waals surface area contributed by atoms with Crippen molar-refractivity contribution in [3.8, 4) is 22.3 Å². The molecule has 0 saturated heterocycles. The van der Waals surface area contributed by atoms with Crippen LogP contribution in [0.2, 0.25) is 61.4 Å². The Balaban J connectivity index is 0.000000213. The molecule has 0 unspecified atom stereocenters. The number of halogens is 2. The maximum atomic E-state index is 13.7. The summed E-state index contributed by atoms with van der Waals surface area (Å²) in [6.07, 6.45) is 11.6. The van der Waals surface area contributed by atoms with E-state index in [4.69, 9.17) is 48.4 Å². The third-order valence-corrected chi connectivity index (χ3v) is 17.8. The fourth-order valence-electron chi connectivity index (χ4n) is 8.80. The molecule has 16 nitrogen and oxygen atoms in total. The zero-order valence-corrected chi connectivity index (χ0v) is 46.8. The van der Waals surface area contributed by atoms with Crippen molar-refractivity contribution >= 4 is 83.3 Å². The van der Waals surface area contributed by atoms with Gasteiger partial charge in [-0.15, -0.1) is 0 Å². The predicted octanol–water partition coefficient (Wildman–Crippen LogP) is 9.80. The molecule has 0 aliphatic heterocycles. The van der Waals surface area contributed by atoms with Gasteiger partial charge in [-0.3, -0.25) is 18.7 Å². The van der Waals surface area contributed by atoms with Gasteiger partial charge in [-0.2, -0.15) is 9.97 Å². The van der Waals surface area contributed by atoms with Crippen molar-refractivity contribution < 1.29 is 17.9 Å². The molecule has 0 atom stereocenters. The lowest BCUT2D eigenvalue weighted by atomic mass is 9.92. The number of nitrogens with zero attached hydrogens (tertiary/aromatic N) is 6. The lowest BCUT2D eigenvalue weighted by molar-refractivity contribution is 0.0875. The van der Waals surface area contributed by atoms with Crippen LogP contribution in [0.25, 0.3) is 44.3 Å². The number of anilines is 2. The molecule has 21 heteroatoms. The summed E-state index contributed by atoms with van der Waals surface area (Å²) in [5.41, 5.74) is 9.00. The summed E-state index contributed by atoms with van der Waals surface area (Å²) in [5.74, 6) is 0.950. The van der Waals surface area contributed by atoms with Gasteiger partial charge in [-0.25, -0.2) is 23.1 Å². The smallest absolute Gasteiger partial charge is 0.262 e. The Morgan fingerprint density at radius 2 is 1.01 bits per heavy atom. The lowest BCUT2D eigenvalue weighted by Crippen LogP contribution is -2.39. The molecule has 4 heterocycles. The second-order valence-corrected chi connectivity index (χ2v) is 35.4. The minimum atomic E-state index is -3.22. The molecule has 5 N–H and O–H groups in total. The summed E-state index contributed by atoms with van der Waals surface area (Å²) >= 11 is 12.9. The summed E-state index contributed by atoms with van der Waals surface area (Å²) in [7, 11) is -5.76. The van der Waals surface area contributed by atoms with Crippen LogP contribution in [0.1, 0.15) is 51.4 Å². The summed E-state index contributed by atoms with van der Waals surface area (Å²) < 4.78 is 40.9. The number of hydrogen-bond donors (Lipinski definition) is 4. The van der Waals surface area contributed by atoms with Crippen molar-refractivity contribution in [1.29, 1.82) is 0 Å². The molecular formula is C51H70Cl2N10O6SSi2. The van der Waals surface area contributed by atoms with E-state index in [1.54, 1.807) is 39.7 Å². The van der Waals surface area contributed by atoms with E-state index in [0.29, 0.717) is 74.1 Å². The summed E-state index contributed by atoms with van der Waals surface area (Å²) in [4.78, 5) is 45.8. The van der Waals surface area contributed by atoms with Crippen molar-refractivity contribution in [2.45, 2.75) is 140 Å². The normalized spacial score (nSPS) is 18.7. The van der Waals surface area contributed by atoms with E-state index in [1.165, 1.54) is 6.26 Å². The first-order valence-corrected chi connectivity index (χ1v) is 34.9. The van der Waals surface area contributed by atoms with Gasteiger partial charge in [0.15, 0.2) is 0 Å². The first-order valence-electron chi connectivity index (χ1n) is 24.8. The molecule has 0 amide bonds. The van der Waals surface area contributed by atoms with Gasteiger partial charge in [0.25, 0.3) is 11.1 Å². The Morgan fingerprint density at radius 3 is 1.40 bits per heavy atom. The second-order valence-electron chi connectivity index (χ2n) is 21.5. The minimum Gasteiger partial charge on any atom is -0.361 e. The monoisotopic (exact) mass is 1080 g/mol. The number of nitrogens with one attached hydrogen (secondary N) is 3. The highest BCUT2D eigenvalue weighted by Gasteiger charge is 2.25. The van der Waals surface area contributed by atoms with Crippen LogP contribution >= 0.6 is 23.2 Å². The molecule has 4 aromatic heterocycles. The van der Waals surface area contributed by atoms with Gasteiger partial charge in [0.1, 0.15) is 24.8 Å². The van der Waals surface area contributed by atoms with Crippen LogP contribution in [0, 0.1) is 0 Å². The van der Waals surface area contributed by atoms with Crippen LogP contribution in [0.4, 0.5) is 11.9 Å². The summed E-state index contributed by atoms with van der Waals surface area (Å²) in [5, 5.41) is 9.30. The number of ether oxygens (including phenoxy) is 2. The van der Waals surface area contributed by atoms with Gasteiger partial charge in [-0.1, -0.05) is 98.9 Å². The maximum absolute atomic E-state index is 13.7. The van der Waals surface area contributed by atoms with E-state index >= 15 is 0 Å². The highest BCUT2D eigenvalue weighted by Crippen LogP contribution is 2.30. The predicted molar refractivity (Wildman–Crippen MR) is 298 cm³/mol. The molecular weight excluding hydrogens is 1010 g/mol. The van der Waals surface area contributed by atoms with Gasteiger partial charge in [-0.05, 0) is 87.7 Å². The van der Waals surface area contributed by atoms with E-state index in [9.17, 15) is 18.0 Å². The standard InChI is InChI=1S/C26H36ClN5O4SSi.C25H34ClN5O2Si/c1-37(34,35)31-20-11-9-19(10-12-20)29-26-28-16-18-15-22(21-7-5-6-8-23(21)27)25(33)32(24(18)30-26)17-36-13-14-38(2,3)4;1-34(2,3)13-12-33-16-31-23-17(14-21(24(31)32)20-6-4-5-7-22(20)26)15-28-25(30-23)29-19-10-8-18(27)9-11-19/h5-8,15-16,19-20,31H,9-14,17H2,1-4H3,(H,28,29,30);4-7,14-15,18-19H,8-13,16,27H2,1-3H3,(H,28,29,30). The average molecular weight is 1080 g/mol. The molecule has 72 heavy (non-hydrogen) atoms. The van der Waals surface area contributed by atoms with Crippen molar-refractivity contribution in [2.24, 2.45) is 5.73 Å². The minimum absolute atomic E-state index is 0.0534. The molecule has 8 rings (SSSR count). The van der Waals surface area contributed by atoms with E-state index in [1.807, 2.05) is 42.5 Å². The zero-order chi connectivity index (χ0) is 51.8. The van der Waals surface area contributed by atoms with Gasteiger partial charge < -0.3 is 25.8 Å². The Labute approximate surface area is 434 Å². The SMILES string of the molecule is C[Si](C)(C)CCOCn1c(=O)c(-c2ccccc2Cl)cc2cnc(NC3CCC(N)CC3)nc21.C[Si](C)(C)CCOCn1c(=O)c(-c2ccccc2Cl)cc2cnc(NC3CCC(NS(C)(=O)=O)CC3)nc21. The Kier molecular flexibility index (Phi) is 18.5. The Morgan fingerprint density at radius 1 is 0.625 bits per heavy atom. The lowest BCUT2D eigenvalue weighted by Gasteiger charge is -2.29. The molecule has 2 aliphatic carbocycles. The van der Waals surface area contributed by atoms with Crippen molar-refractivity contribution in [3.63, 3.8) is 0 Å². The average Bonchev–Trinajstić information content (AvgIpc) is 3.31. The Hall–Kier alpha value is -4.58. The molecule has 388 valence electrons. The van der Waals surface area contributed by atoms with E-state index < -0.39 is 26.2 Å². The number of hydrogen-bond acceptors (Lipinski definition) is 13. The molecule has 2 fully saturated rings. The fourth-order valence-corrected chi connectivity index (χ4v) is 11.6. The van der Waals surface area contributed by atoms with E-state index in [-0.39, 0.29) is 48.7 Å². The largest absolute Gasteiger partial charge is 0.361 e. The van der Waals surface area contributed by atoms with Gasteiger partial charge in [0.2, 0.25) is 21.9 Å². The molecule has 2 saturated carbocycles. The van der Waals surface area contributed by atoms with Crippen LogP contribution < -0.4 is 32.2 Å². The van der Waals surface area contributed by atoms with E-state index in [0.717, 1.165) is 68.8 Å². The number of benzene rings is 2. The van der Waals surface area contributed by atoms with Gasteiger partial charge >= 0.3 is 0 Å². The number of nitrogens with two attached hydrogens (primary N) is 1. The number of pyridine rings is 2. The number of rotatable bonds is 18. The fraction of sp³-hybridized carbons (Fsp3) is 0.490. The molecule has 2 aromatic carbocycles. The van der Waals surface area contributed by atoms with Crippen LogP contribution in [0.5, 0.6) is 0 Å².